The Morgan fingerprint density at radius 2 is 2.00 bits per heavy atom. The molecule has 4 rings (SSSR count). The van der Waals surface area contributed by atoms with Gasteiger partial charge in [0.05, 0.1) is 20.3 Å². The molecule has 0 saturated carbocycles. The Labute approximate surface area is 122 Å². The van der Waals surface area contributed by atoms with Crippen molar-refractivity contribution in [1.82, 2.24) is 14.7 Å². The Bertz CT molecular complexity index is 983. The fourth-order valence-electron chi connectivity index (χ4n) is 2.63. The molecular weight excluding hydrogens is 282 g/mol. The molecule has 0 bridgehead atoms. The Morgan fingerprint density at radius 3 is 2.90 bits per heavy atom. The maximum Gasteiger partial charge on any atom is 0.137 e. The smallest absolute Gasteiger partial charge is 0.137 e. The van der Waals surface area contributed by atoms with E-state index in [4.69, 9.17) is 0 Å². The van der Waals surface area contributed by atoms with E-state index in [1.54, 1.807) is 6.20 Å². The van der Waals surface area contributed by atoms with E-state index < -0.39 is 9.71 Å². The van der Waals surface area contributed by atoms with Crippen LogP contribution in [-0.2, 0) is 9.71 Å². The molecule has 5 heteroatoms. The van der Waals surface area contributed by atoms with Gasteiger partial charge in [-0.25, -0.2) is 9.19 Å². The monoisotopic (exact) mass is 295 g/mol. The molecule has 3 heterocycles. The number of hydrogen-bond donors (Lipinski definition) is 2. The number of fused-ring (bicyclic) bond motifs is 2. The van der Waals surface area contributed by atoms with E-state index >= 15 is 0 Å². The molecule has 2 N–H and O–H groups in total. The van der Waals surface area contributed by atoms with Crippen LogP contribution < -0.4 is 4.72 Å². The second kappa shape index (κ2) is 4.23. The Morgan fingerprint density at radius 1 is 1.14 bits per heavy atom. The lowest BCUT2D eigenvalue weighted by atomic mass is 10.1. The zero-order valence-electron chi connectivity index (χ0n) is 11.2. The van der Waals surface area contributed by atoms with Gasteiger partial charge >= 0.3 is 0 Å². The van der Waals surface area contributed by atoms with Crippen molar-refractivity contribution in [2.45, 2.75) is 4.90 Å². The van der Waals surface area contributed by atoms with E-state index in [0.717, 1.165) is 32.8 Å². The molecule has 0 amide bonds. The average Bonchev–Trinajstić information content (AvgIpc) is 2.90. The predicted octanol–water partition coefficient (Wildman–Crippen LogP) is 2.65. The number of aromatic amines is 1. The number of pyridine rings is 1. The fourth-order valence-corrected chi connectivity index (χ4v) is 4.07. The summed E-state index contributed by atoms with van der Waals surface area (Å²) in [6.07, 6.45) is 5.62. The van der Waals surface area contributed by atoms with Crippen LogP contribution in [0, 0.1) is 0 Å². The van der Waals surface area contributed by atoms with Crippen LogP contribution in [0.1, 0.15) is 11.1 Å². The molecule has 4 nitrogen and oxygen atoms in total. The number of aromatic nitrogens is 2. The van der Waals surface area contributed by atoms with Gasteiger partial charge in [-0.3, -0.25) is 0 Å². The van der Waals surface area contributed by atoms with Gasteiger partial charge in [0.1, 0.15) is 5.65 Å². The molecule has 1 unspecified atom stereocenters. The zero-order valence-corrected chi connectivity index (χ0v) is 12.0. The summed E-state index contributed by atoms with van der Waals surface area (Å²) in [7, 11) is -2.54. The summed E-state index contributed by atoms with van der Waals surface area (Å²) < 4.78 is 15.9. The van der Waals surface area contributed by atoms with Gasteiger partial charge in [0, 0.05) is 23.3 Å². The molecular formula is C16H13N3OS. The van der Waals surface area contributed by atoms with Crippen molar-refractivity contribution in [2.24, 2.45) is 0 Å². The number of benzene rings is 1. The van der Waals surface area contributed by atoms with Gasteiger partial charge in [-0.2, -0.15) is 0 Å². The van der Waals surface area contributed by atoms with Crippen LogP contribution >= 0.6 is 0 Å². The lowest BCUT2D eigenvalue weighted by Crippen LogP contribution is -2.25. The maximum atomic E-state index is 12.8. The van der Waals surface area contributed by atoms with Crippen LogP contribution in [0.3, 0.4) is 0 Å². The quantitative estimate of drug-likeness (QED) is 0.678. The predicted molar refractivity (Wildman–Crippen MR) is 87.1 cm³/mol. The summed E-state index contributed by atoms with van der Waals surface area (Å²) in [6.45, 7) is 0. The van der Waals surface area contributed by atoms with Crippen molar-refractivity contribution in [3.63, 3.8) is 0 Å². The first-order chi connectivity index (χ1) is 10.1. The number of rotatable bonds is 1. The largest absolute Gasteiger partial charge is 0.345 e. The van der Waals surface area contributed by atoms with Crippen molar-refractivity contribution in [3.05, 3.63) is 59.9 Å². The topological polar surface area (TPSA) is 57.8 Å². The van der Waals surface area contributed by atoms with Crippen molar-refractivity contribution >= 4 is 38.4 Å². The molecule has 1 atom stereocenters. The minimum Gasteiger partial charge on any atom is -0.345 e. The first-order valence-electron chi connectivity index (χ1n) is 6.53. The van der Waals surface area contributed by atoms with Crippen LogP contribution in [0.25, 0.3) is 22.8 Å². The van der Waals surface area contributed by atoms with Crippen LogP contribution in [-0.4, -0.2) is 20.0 Å². The number of nitrogens with one attached hydrogen (secondary N) is 2. The molecule has 0 fully saturated rings. The maximum absolute atomic E-state index is 12.8. The minimum atomic E-state index is -2.54. The molecule has 0 saturated heterocycles. The Hall–Kier alpha value is -2.53. The van der Waals surface area contributed by atoms with Gasteiger partial charge < -0.3 is 9.71 Å². The molecule has 1 aromatic carbocycles. The standard InChI is InChI=1S/C16H13N3OS/c1-21(20)15-7-3-2-5-11(15)9-14(19-21)13-10-18-16-12(13)6-4-8-17-16/h2-10H,1H2,(H,17,18)(H,19,20). The first-order valence-corrected chi connectivity index (χ1v) is 8.26. The average molecular weight is 295 g/mol. The third-order valence-corrected chi connectivity index (χ3v) is 5.22. The molecule has 0 radical (unpaired) electrons. The summed E-state index contributed by atoms with van der Waals surface area (Å²) in [4.78, 5) is 8.15. The highest BCUT2D eigenvalue weighted by Crippen LogP contribution is 2.30. The van der Waals surface area contributed by atoms with Crippen molar-refractivity contribution in [2.75, 3.05) is 0 Å². The number of nitrogens with zero attached hydrogens (tertiary/aromatic N) is 1. The van der Waals surface area contributed by atoms with Crippen LogP contribution in [0.4, 0.5) is 0 Å². The molecule has 0 spiro atoms. The van der Waals surface area contributed by atoms with Crippen molar-refractivity contribution < 1.29 is 4.21 Å². The van der Waals surface area contributed by atoms with Gasteiger partial charge in [0.25, 0.3) is 0 Å². The van der Waals surface area contributed by atoms with Gasteiger partial charge in [0.2, 0.25) is 0 Å². The summed E-state index contributed by atoms with van der Waals surface area (Å²) in [6, 6.07) is 11.5. The molecule has 21 heavy (non-hydrogen) atoms. The van der Waals surface area contributed by atoms with Gasteiger partial charge in [-0.15, -0.1) is 0 Å². The van der Waals surface area contributed by atoms with Crippen LogP contribution in [0.15, 0.2) is 53.7 Å². The molecule has 1 aliphatic rings. The highest BCUT2D eigenvalue weighted by Gasteiger charge is 2.21. The lowest BCUT2D eigenvalue weighted by Gasteiger charge is -2.22. The van der Waals surface area contributed by atoms with E-state index in [1.807, 2.05) is 48.7 Å². The Balaban J connectivity index is 1.97. The van der Waals surface area contributed by atoms with Crippen LogP contribution in [0.5, 0.6) is 0 Å². The summed E-state index contributed by atoms with van der Waals surface area (Å²) >= 11 is 0. The number of H-pyrrole nitrogens is 1. The highest BCUT2D eigenvalue weighted by atomic mass is 32.2. The molecule has 2 aromatic heterocycles. The number of hydrogen-bond acceptors (Lipinski definition) is 2. The lowest BCUT2D eigenvalue weighted by molar-refractivity contribution is 0.677. The third kappa shape index (κ3) is 1.86. The van der Waals surface area contributed by atoms with Crippen molar-refractivity contribution in [1.29, 1.82) is 0 Å². The summed E-state index contributed by atoms with van der Waals surface area (Å²) in [5, 5.41) is 0.992. The SMILES string of the molecule is C=S1(=O)NC(c2c[nH]c3ncccc23)=Cc2ccccc21. The van der Waals surface area contributed by atoms with E-state index in [-0.39, 0.29) is 0 Å². The van der Waals surface area contributed by atoms with E-state index in [2.05, 4.69) is 20.6 Å². The van der Waals surface area contributed by atoms with E-state index in [9.17, 15) is 4.21 Å². The second-order valence-corrected chi connectivity index (χ2v) is 6.97. The molecule has 104 valence electrons. The van der Waals surface area contributed by atoms with E-state index in [1.165, 1.54) is 0 Å². The molecule has 0 aliphatic carbocycles. The zero-order chi connectivity index (χ0) is 14.4. The highest BCUT2D eigenvalue weighted by molar-refractivity contribution is 7.99. The van der Waals surface area contributed by atoms with E-state index in [0.29, 0.717) is 0 Å². The first kappa shape index (κ1) is 12.2. The fraction of sp³-hybridized carbons (Fsp3) is 0. The molecule has 1 aliphatic heterocycles. The van der Waals surface area contributed by atoms with Crippen LogP contribution in [0.2, 0.25) is 0 Å². The normalized spacial score (nSPS) is 20.7. The molecule has 3 aromatic rings. The van der Waals surface area contributed by atoms with Crippen molar-refractivity contribution in [3.8, 4) is 0 Å². The Kier molecular flexibility index (Phi) is 2.46. The summed E-state index contributed by atoms with van der Waals surface area (Å²) in [5.74, 6) is 3.86. The second-order valence-electron chi connectivity index (χ2n) is 4.98. The van der Waals surface area contributed by atoms with Gasteiger partial charge in [0.15, 0.2) is 0 Å². The summed E-state index contributed by atoms with van der Waals surface area (Å²) in [5.41, 5.74) is 3.49. The third-order valence-electron chi connectivity index (χ3n) is 3.59. The van der Waals surface area contributed by atoms with Gasteiger partial charge in [-0.05, 0) is 35.7 Å². The minimum absolute atomic E-state index is 0.742. The van der Waals surface area contributed by atoms with Gasteiger partial charge in [-0.1, -0.05) is 18.2 Å².